The van der Waals surface area contributed by atoms with E-state index in [9.17, 15) is 9.18 Å². The summed E-state index contributed by atoms with van der Waals surface area (Å²) < 4.78 is 21.6. The van der Waals surface area contributed by atoms with E-state index < -0.39 is 0 Å². The van der Waals surface area contributed by atoms with Crippen molar-refractivity contribution in [2.75, 3.05) is 7.11 Å². The Labute approximate surface area is 170 Å². The molecule has 5 aromatic rings. The number of halogens is 1. The first-order valence-electron chi connectivity index (χ1n) is 9.24. The highest BCUT2D eigenvalue weighted by atomic mass is 19.1. The zero-order chi connectivity index (χ0) is 20.8. The van der Waals surface area contributed by atoms with E-state index >= 15 is 0 Å². The minimum absolute atomic E-state index is 0.203. The average molecular weight is 401 g/mol. The molecular formula is C22H16FN5O2. The molecule has 0 atom stereocenters. The molecule has 0 saturated carbocycles. The summed E-state index contributed by atoms with van der Waals surface area (Å²) >= 11 is 0. The number of methoxy groups -OCH3 is 1. The predicted octanol–water partition coefficient (Wildman–Crippen LogP) is 3.55. The van der Waals surface area contributed by atoms with Gasteiger partial charge in [-0.05, 0) is 55.0 Å². The van der Waals surface area contributed by atoms with E-state index in [-0.39, 0.29) is 16.9 Å². The molecule has 0 amide bonds. The SMILES string of the molecule is COc1ccc(-n2ccc3c(nnc4c(-c5ccc(F)cc5)c(C)nn43)c2=O)cc1. The van der Waals surface area contributed by atoms with Crippen molar-refractivity contribution in [3.63, 3.8) is 0 Å². The van der Waals surface area contributed by atoms with E-state index in [2.05, 4.69) is 15.3 Å². The fraction of sp³-hybridized carbons (Fsp3) is 0.0909. The summed E-state index contributed by atoms with van der Waals surface area (Å²) in [6.45, 7) is 1.85. The smallest absolute Gasteiger partial charge is 0.285 e. The van der Waals surface area contributed by atoms with Gasteiger partial charge in [-0.25, -0.2) is 8.91 Å². The van der Waals surface area contributed by atoms with E-state index in [1.54, 1.807) is 60.3 Å². The fourth-order valence-corrected chi connectivity index (χ4v) is 3.55. The van der Waals surface area contributed by atoms with E-state index in [0.29, 0.717) is 28.3 Å². The number of ether oxygens (including phenoxy) is 1. The van der Waals surface area contributed by atoms with Gasteiger partial charge in [-0.3, -0.25) is 9.36 Å². The Balaban J connectivity index is 1.71. The van der Waals surface area contributed by atoms with Crippen molar-refractivity contribution in [3.8, 4) is 22.6 Å². The Bertz CT molecular complexity index is 1450. The summed E-state index contributed by atoms with van der Waals surface area (Å²) in [6.07, 6.45) is 1.68. The number of benzene rings is 2. The molecule has 0 radical (unpaired) electrons. The van der Waals surface area contributed by atoms with Crippen molar-refractivity contribution in [2.45, 2.75) is 6.92 Å². The topological polar surface area (TPSA) is 74.3 Å². The van der Waals surface area contributed by atoms with E-state index in [4.69, 9.17) is 4.74 Å². The number of aryl methyl sites for hydroxylation is 1. The van der Waals surface area contributed by atoms with Crippen LogP contribution >= 0.6 is 0 Å². The van der Waals surface area contributed by atoms with E-state index in [1.165, 1.54) is 16.7 Å². The lowest BCUT2D eigenvalue weighted by atomic mass is 10.1. The molecule has 3 aromatic heterocycles. The van der Waals surface area contributed by atoms with E-state index in [0.717, 1.165) is 11.1 Å². The van der Waals surface area contributed by atoms with Gasteiger partial charge in [-0.15, -0.1) is 10.2 Å². The minimum atomic E-state index is -0.316. The Hall–Kier alpha value is -4.07. The molecule has 0 unspecified atom stereocenters. The summed E-state index contributed by atoms with van der Waals surface area (Å²) in [5.41, 5.74) is 3.89. The van der Waals surface area contributed by atoms with Crippen molar-refractivity contribution in [3.05, 3.63) is 82.7 Å². The molecule has 148 valence electrons. The van der Waals surface area contributed by atoms with Crippen LogP contribution in [0.5, 0.6) is 5.75 Å². The molecule has 0 N–H and O–H groups in total. The molecule has 0 saturated heterocycles. The third-order valence-electron chi connectivity index (χ3n) is 5.04. The lowest BCUT2D eigenvalue weighted by Crippen LogP contribution is -2.20. The number of pyridine rings is 1. The van der Waals surface area contributed by atoms with Crippen LogP contribution in [0.25, 0.3) is 33.5 Å². The van der Waals surface area contributed by atoms with Gasteiger partial charge in [0.25, 0.3) is 5.56 Å². The van der Waals surface area contributed by atoms with Crippen LogP contribution in [0.1, 0.15) is 5.69 Å². The molecule has 2 aromatic carbocycles. The Kier molecular flexibility index (Phi) is 4.06. The van der Waals surface area contributed by atoms with Crippen LogP contribution in [0, 0.1) is 12.7 Å². The molecule has 5 rings (SSSR count). The van der Waals surface area contributed by atoms with E-state index in [1.807, 2.05) is 6.92 Å². The molecule has 0 aliphatic carbocycles. The lowest BCUT2D eigenvalue weighted by molar-refractivity contribution is 0.414. The zero-order valence-electron chi connectivity index (χ0n) is 16.2. The van der Waals surface area contributed by atoms with Crippen molar-refractivity contribution < 1.29 is 9.13 Å². The highest BCUT2D eigenvalue weighted by Gasteiger charge is 2.17. The summed E-state index contributed by atoms with van der Waals surface area (Å²) in [4.78, 5) is 13.1. The summed E-state index contributed by atoms with van der Waals surface area (Å²) in [5.74, 6) is 0.387. The van der Waals surface area contributed by atoms with Gasteiger partial charge in [0.15, 0.2) is 11.2 Å². The minimum Gasteiger partial charge on any atom is -0.497 e. The van der Waals surface area contributed by atoms with Gasteiger partial charge in [0.05, 0.1) is 18.4 Å². The molecule has 0 aliphatic rings. The zero-order valence-corrected chi connectivity index (χ0v) is 16.2. The predicted molar refractivity (Wildman–Crippen MR) is 111 cm³/mol. The number of fused-ring (bicyclic) bond motifs is 3. The van der Waals surface area contributed by atoms with Crippen LogP contribution in [0.4, 0.5) is 4.39 Å². The second kappa shape index (κ2) is 6.77. The normalized spacial score (nSPS) is 11.3. The van der Waals surface area contributed by atoms with Gasteiger partial charge in [-0.2, -0.15) is 5.10 Å². The Morgan fingerprint density at radius 1 is 0.967 bits per heavy atom. The third kappa shape index (κ3) is 2.73. The monoisotopic (exact) mass is 401 g/mol. The molecule has 0 aliphatic heterocycles. The summed E-state index contributed by atoms with van der Waals surface area (Å²) in [6, 6.07) is 15.1. The number of hydrogen-bond donors (Lipinski definition) is 0. The molecule has 0 spiro atoms. The molecule has 0 fully saturated rings. The van der Waals surface area contributed by atoms with Gasteiger partial charge in [0, 0.05) is 11.9 Å². The number of nitrogens with zero attached hydrogens (tertiary/aromatic N) is 5. The van der Waals surface area contributed by atoms with Crippen LogP contribution in [-0.4, -0.2) is 31.5 Å². The fourth-order valence-electron chi connectivity index (χ4n) is 3.55. The standard InChI is InChI=1S/C22H16FN5O2/c1-13-19(14-3-5-15(23)6-4-14)21-25-24-20-18(28(21)26-13)11-12-27(22(20)29)16-7-9-17(30-2)10-8-16/h3-12H,1-2H3. The van der Waals surface area contributed by atoms with Crippen LogP contribution in [0.15, 0.2) is 65.6 Å². The Morgan fingerprint density at radius 2 is 1.70 bits per heavy atom. The van der Waals surface area contributed by atoms with Gasteiger partial charge in [0.1, 0.15) is 17.1 Å². The maximum Gasteiger partial charge on any atom is 0.285 e. The maximum absolute atomic E-state index is 13.3. The van der Waals surface area contributed by atoms with Crippen LogP contribution in [0.2, 0.25) is 0 Å². The highest BCUT2D eigenvalue weighted by molar-refractivity contribution is 5.84. The first kappa shape index (κ1) is 18.0. The highest BCUT2D eigenvalue weighted by Crippen LogP contribution is 2.28. The lowest BCUT2D eigenvalue weighted by Gasteiger charge is -2.08. The molecular weight excluding hydrogens is 385 g/mol. The number of rotatable bonds is 3. The molecule has 7 nitrogen and oxygen atoms in total. The first-order valence-corrected chi connectivity index (χ1v) is 9.24. The maximum atomic E-state index is 13.3. The van der Waals surface area contributed by atoms with Crippen molar-refractivity contribution in [1.82, 2.24) is 24.4 Å². The van der Waals surface area contributed by atoms with Crippen molar-refractivity contribution in [1.29, 1.82) is 0 Å². The summed E-state index contributed by atoms with van der Waals surface area (Å²) in [7, 11) is 1.59. The second-order valence-electron chi connectivity index (χ2n) is 6.83. The third-order valence-corrected chi connectivity index (χ3v) is 5.04. The number of aromatic nitrogens is 5. The average Bonchev–Trinajstić information content (AvgIpc) is 3.11. The molecule has 3 heterocycles. The van der Waals surface area contributed by atoms with Gasteiger partial charge >= 0.3 is 0 Å². The van der Waals surface area contributed by atoms with Gasteiger partial charge in [0.2, 0.25) is 0 Å². The van der Waals surface area contributed by atoms with Gasteiger partial charge in [-0.1, -0.05) is 12.1 Å². The molecule has 8 heteroatoms. The second-order valence-corrected chi connectivity index (χ2v) is 6.83. The van der Waals surface area contributed by atoms with Gasteiger partial charge < -0.3 is 4.74 Å². The largest absolute Gasteiger partial charge is 0.497 e. The molecule has 30 heavy (non-hydrogen) atoms. The van der Waals surface area contributed by atoms with Crippen molar-refractivity contribution in [2.24, 2.45) is 0 Å². The van der Waals surface area contributed by atoms with Crippen LogP contribution in [-0.2, 0) is 0 Å². The number of hydrogen-bond acceptors (Lipinski definition) is 5. The first-order chi connectivity index (χ1) is 14.6. The quantitative estimate of drug-likeness (QED) is 0.462. The molecule has 0 bridgehead atoms. The summed E-state index contributed by atoms with van der Waals surface area (Å²) in [5, 5.41) is 13.0. The Morgan fingerprint density at radius 3 is 2.40 bits per heavy atom. The van der Waals surface area contributed by atoms with Crippen molar-refractivity contribution >= 4 is 16.7 Å². The van der Waals surface area contributed by atoms with Crippen LogP contribution in [0.3, 0.4) is 0 Å². The van der Waals surface area contributed by atoms with Crippen LogP contribution < -0.4 is 10.3 Å².